The van der Waals surface area contributed by atoms with Crippen molar-refractivity contribution in [2.75, 3.05) is 0 Å². The first kappa shape index (κ1) is 8.91. The van der Waals surface area contributed by atoms with Gasteiger partial charge in [-0.1, -0.05) is 6.07 Å². The van der Waals surface area contributed by atoms with Crippen molar-refractivity contribution in [3.8, 4) is 6.07 Å². The Morgan fingerprint density at radius 2 is 2.29 bits per heavy atom. The molecule has 0 N–H and O–H groups in total. The summed E-state index contributed by atoms with van der Waals surface area (Å²) in [6.07, 6.45) is 1.28. The van der Waals surface area contributed by atoms with Gasteiger partial charge < -0.3 is 0 Å². The lowest BCUT2D eigenvalue weighted by Gasteiger charge is -2.01. The number of aromatic nitrogens is 2. The third kappa shape index (κ3) is 1.20. The molecule has 0 fully saturated rings. The van der Waals surface area contributed by atoms with Crippen LogP contribution in [0.2, 0.25) is 0 Å². The second-order valence-corrected chi connectivity index (χ2v) is 3.44. The molecule has 14 heavy (non-hydrogen) atoms. The van der Waals surface area contributed by atoms with Crippen LogP contribution >= 0.6 is 15.9 Å². The fourth-order valence-electron chi connectivity index (χ4n) is 1.16. The summed E-state index contributed by atoms with van der Waals surface area (Å²) < 4.78 is 1.93. The van der Waals surface area contributed by atoms with Gasteiger partial charge in [-0.2, -0.15) is 5.26 Å². The zero-order chi connectivity index (χ0) is 10.1. The van der Waals surface area contributed by atoms with E-state index in [1.165, 1.54) is 10.6 Å². The highest BCUT2D eigenvalue weighted by Crippen LogP contribution is 2.09. The van der Waals surface area contributed by atoms with Crippen LogP contribution in [0.15, 0.2) is 33.8 Å². The first-order valence-electron chi connectivity index (χ1n) is 3.80. The smallest absolute Gasteiger partial charge is 0.267 e. The van der Waals surface area contributed by atoms with Crippen LogP contribution in [0.1, 0.15) is 5.56 Å². The molecule has 68 valence electrons. The Morgan fingerprint density at radius 1 is 1.50 bits per heavy atom. The van der Waals surface area contributed by atoms with Gasteiger partial charge in [-0.25, -0.2) is 4.98 Å². The van der Waals surface area contributed by atoms with Crippen LogP contribution in [-0.4, -0.2) is 9.38 Å². The molecule has 0 aromatic carbocycles. The van der Waals surface area contributed by atoms with Crippen molar-refractivity contribution in [2.24, 2.45) is 0 Å². The van der Waals surface area contributed by atoms with Crippen molar-refractivity contribution in [1.29, 1.82) is 5.26 Å². The lowest BCUT2D eigenvalue weighted by atomic mass is 10.3. The van der Waals surface area contributed by atoms with Crippen molar-refractivity contribution in [3.63, 3.8) is 0 Å². The topological polar surface area (TPSA) is 58.2 Å². The molecular formula is C9H4BrN3O. The quantitative estimate of drug-likeness (QED) is 0.662. The van der Waals surface area contributed by atoms with Crippen molar-refractivity contribution in [3.05, 3.63) is 44.9 Å². The van der Waals surface area contributed by atoms with Crippen molar-refractivity contribution in [1.82, 2.24) is 9.38 Å². The fourth-order valence-corrected chi connectivity index (χ4v) is 1.65. The summed E-state index contributed by atoms with van der Waals surface area (Å²) in [4.78, 5) is 15.6. The number of halogens is 1. The summed E-state index contributed by atoms with van der Waals surface area (Å²) in [6.45, 7) is 0. The highest BCUT2D eigenvalue weighted by atomic mass is 79.9. The Labute approximate surface area is 87.6 Å². The first-order valence-corrected chi connectivity index (χ1v) is 4.60. The number of nitrogens with zero attached hydrogens (tertiary/aromatic N) is 3. The van der Waals surface area contributed by atoms with Gasteiger partial charge in [0.15, 0.2) is 0 Å². The number of fused-ring (bicyclic) bond motifs is 1. The van der Waals surface area contributed by atoms with Crippen LogP contribution in [-0.2, 0) is 0 Å². The van der Waals surface area contributed by atoms with Crippen LogP contribution in [0.25, 0.3) is 5.65 Å². The van der Waals surface area contributed by atoms with E-state index in [0.717, 1.165) is 0 Å². The van der Waals surface area contributed by atoms with Crippen LogP contribution < -0.4 is 5.56 Å². The molecule has 0 saturated carbocycles. The molecule has 0 saturated heterocycles. The molecule has 4 nitrogen and oxygen atoms in total. The summed E-state index contributed by atoms with van der Waals surface area (Å²) in [7, 11) is 0. The van der Waals surface area contributed by atoms with E-state index in [1.54, 1.807) is 24.3 Å². The molecule has 0 bridgehead atoms. The van der Waals surface area contributed by atoms with E-state index in [-0.39, 0.29) is 11.1 Å². The second-order valence-electron chi connectivity index (χ2n) is 2.63. The highest BCUT2D eigenvalue weighted by molar-refractivity contribution is 9.10. The molecule has 2 heterocycles. The molecule has 5 heteroatoms. The maximum atomic E-state index is 11.7. The molecule has 0 aliphatic rings. The van der Waals surface area contributed by atoms with Gasteiger partial charge >= 0.3 is 0 Å². The lowest BCUT2D eigenvalue weighted by Crippen LogP contribution is -2.18. The predicted molar refractivity (Wildman–Crippen MR) is 53.9 cm³/mol. The van der Waals surface area contributed by atoms with Crippen molar-refractivity contribution < 1.29 is 0 Å². The van der Waals surface area contributed by atoms with Gasteiger partial charge in [0.05, 0.1) is 10.8 Å². The van der Waals surface area contributed by atoms with E-state index in [0.29, 0.717) is 10.3 Å². The maximum Gasteiger partial charge on any atom is 0.276 e. The van der Waals surface area contributed by atoms with Crippen LogP contribution in [0, 0.1) is 11.3 Å². The SMILES string of the molecule is N#Cc1cnc2cccc(Br)n2c1=O. The van der Waals surface area contributed by atoms with Gasteiger partial charge in [0.1, 0.15) is 17.3 Å². The summed E-state index contributed by atoms with van der Waals surface area (Å²) in [5.74, 6) is 0. The third-order valence-electron chi connectivity index (χ3n) is 1.80. The minimum absolute atomic E-state index is 0.0365. The average molecular weight is 250 g/mol. The Morgan fingerprint density at radius 3 is 3.00 bits per heavy atom. The second kappa shape index (κ2) is 3.24. The van der Waals surface area contributed by atoms with Gasteiger partial charge in [-0.05, 0) is 28.1 Å². The zero-order valence-corrected chi connectivity index (χ0v) is 8.52. The third-order valence-corrected chi connectivity index (χ3v) is 2.42. The van der Waals surface area contributed by atoms with Crippen LogP contribution in [0.4, 0.5) is 0 Å². The average Bonchev–Trinajstić information content (AvgIpc) is 2.18. The standard InChI is InChI=1S/C9H4BrN3O/c10-7-2-1-3-8-12-5-6(4-11)9(14)13(7)8/h1-3,5H. The largest absolute Gasteiger partial charge is 0.276 e. The summed E-state index contributed by atoms with van der Waals surface area (Å²) in [5.41, 5.74) is 0.197. The Kier molecular flexibility index (Phi) is 2.06. The van der Waals surface area contributed by atoms with Crippen LogP contribution in [0.5, 0.6) is 0 Å². The van der Waals surface area contributed by atoms with E-state index >= 15 is 0 Å². The molecule has 0 aliphatic heterocycles. The van der Waals surface area contributed by atoms with Gasteiger partial charge in [0, 0.05) is 0 Å². The summed E-state index contributed by atoms with van der Waals surface area (Å²) >= 11 is 3.22. The molecule has 0 aliphatic carbocycles. The monoisotopic (exact) mass is 249 g/mol. The lowest BCUT2D eigenvalue weighted by molar-refractivity contribution is 1.01. The van der Waals surface area contributed by atoms with Gasteiger partial charge in [-0.15, -0.1) is 0 Å². The van der Waals surface area contributed by atoms with E-state index in [1.807, 2.05) is 0 Å². The fraction of sp³-hybridized carbons (Fsp3) is 0. The highest BCUT2D eigenvalue weighted by Gasteiger charge is 2.05. The van der Waals surface area contributed by atoms with Gasteiger partial charge in [-0.3, -0.25) is 9.20 Å². The molecule has 0 unspecified atom stereocenters. The summed E-state index contributed by atoms with van der Waals surface area (Å²) in [6, 6.07) is 6.99. The number of pyridine rings is 1. The van der Waals surface area contributed by atoms with Gasteiger partial charge in [0.2, 0.25) is 0 Å². The van der Waals surface area contributed by atoms with Crippen molar-refractivity contribution in [2.45, 2.75) is 0 Å². The minimum atomic E-state index is -0.357. The molecule has 0 amide bonds. The predicted octanol–water partition coefficient (Wildman–Crippen LogP) is 1.33. The Hall–Kier alpha value is -1.67. The summed E-state index contributed by atoms with van der Waals surface area (Å²) in [5, 5.41) is 8.65. The number of nitriles is 1. The molecule has 2 rings (SSSR count). The maximum absolute atomic E-state index is 11.7. The Bertz CT molecular complexity index is 597. The van der Waals surface area contributed by atoms with Crippen molar-refractivity contribution >= 4 is 21.6 Å². The normalized spacial score (nSPS) is 10.0. The number of rotatable bonds is 0. The van der Waals surface area contributed by atoms with E-state index in [4.69, 9.17) is 5.26 Å². The minimum Gasteiger partial charge on any atom is -0.267 e. The number of hydrogen-bond acceptors (Lipinski definition) is 3. The Balaban J connectivity index is 3.03. The molecule has 2 aromatic rings. The van der Waals surface area contributed by atoms with E-state index in [2.05, 4.69) is 20.9 Å². The molecule has 2 aromatic heterocycles. The number of hydrogen-bond donors (Lipinski definition) is 0. The zero-order valence-electron chi connectivity index (χ0n) is 6.94. The van der Waals surface area contributed by atoms with E-state index in [9.17, 15) is 4.79 Å². The first-order chi connectivity index (χ1) is 6.74. The van der Waals surface area contributed by atoms with Crippen LogP contribution in [0.3, 0.4) is 0 Å². The van der Waals surface area contributed by atoms with Gasteiger partial charge in [0.25, 0.3) is 5.56 Å². The van der Waals surface area contributed by atoms with E-state index < -0.39 is 0 Å². The molecule has 0 atom stereocenters. The molecule has 0 radical (unpaired) electrons. The molecular weight excluding hydrogens is 246 g/mol. The molecule has 0 spiro atoms.